The number of aromatic nitrogens is 2. The highest BCUT2D eigenvalue weighted by Crippen LogP contribution is 2.34. The molecular weight excluding hydrogens is 382 g/mol. The van der Waals surface area contributed by atoms with E-state index in [2.05, 4.69) is 15.5 Å². The zero-order chi connectivity index (χ0) is 20.5. The predicted octanol–water partition coefficient (Wildman–Crippen LogP) is 3.65. The Hall–Kier alpha value is -3.48. The molecule has 1 aromatic heterocycles. The molecule has 2 aliphatic rings. The number of carbonyl (C=O) groups is 1. The number of aromatic amines is 1. The van der Waals surface area contributed by atoms with Crippen LogP contribution in [0.15, 0.2) is 30.3 Å². The lowest BCUT2D eigenvalue weighted by Crippen LogP contribution is -2.26. The lowest BCUT2D eigenvalue weighted by atomic mass is 10.1. The third kappa shape index (κ3) is 3.58. The van der Waals surface area contributed by atoms with E-state index >= 15 is 0 Å². The van der Waals surface area contributed by atoms with Gasteiger partial charge in [0.05, 0.1) is 29.3 Å². The first-order valence-electron chi connectivity index (χ1n) is 10.1. The van der Waals surface area contributed by atoms with Crippen molar-refractivity contribution in [3.63, 3.8) is 0 Å². The van der Waals surface area contributed by atoms with Crippen LogP contribution in [0.25, 0.3) is 23.1 Å². The van der Waals surface area contributed by atoms with Crippen molar-refractivity contribution in [1.82, 2.24) is 15.5 Å². The summed E-state index contributed by atoms with van der Waals surface area (Å²) in [5.74, 6) is 2.51. The molecule has 0 spiro atoms. The van der Waals surface area contributed by atoms with Gasteiger partial charge in [0.1, 0.15) is 19.0 Å². The minimum atomic E-state index is -0.122. The number of fused-ring (bicyclic) bond motifs is 2. The maximum absolute atomic E-state index is 12.7. The maximum atomic E-state index is 12.7. The molecule has 5 rings (SSSR count). The Morgan fingerprint density at radius 2 is 2.03 bits per heavy atom. The SMILES string of the molecule is COc1c(C(=O)NCC2CC2)ccc2[nH]nc(C=Cc3ccc4c(c3)OCCO4)c12. The summed E-state index contributed by atoms with van der Waals surface area (Å²) in [5, 5.41) is 11.2. The molecule has 0 saturated heterocycles. The molecule has 1 aliphatic carbocycles. The minimum absolute atomic E-state index is 0.122. The van der Waals surface area contributed by atoms with E-state index in [0.29, 0.717) is 42.7 Å². The molecule has 7 heteroatoms. The number of rotatable bonds is 6. The van der Waals surface area contributed by atoms with Crippen LogP contribution in [0.1, 0.15) is 34.5 Å². The molecule has 2 aromatic carbocycles. The average molecular weight is 405 g/mol. The van der Waals surface area contributed by atoms with Crippen LogP contribution in [0.4, 0.5) is 0 Å². The number of hydrogen-bond donors (Lipinski definition) is 2. The number of benzene rings is 2. The van der Waals surface area contributed by atoms with Crippen LogP contribution in [0.2, 0.25) is 0 Å². The van der Waals surface area contributed by atoms with E-state index < -0.39 is 0 Å². The largest absolute Gasteiger partial charge is 0.495 e. The van der Waals surface area contributed by atoms with Crippen molar-refractivity contribution in [2.75, 3.05) is 26.9 Å². The number of amides is 1. The number of nitrogens with zero attached hydrogens (tertiary/aromatic N) is 1. The highest BCUT2D eigenvalue weighted by atomic mass is 16.6. The van der Waals surface area contributed by atoms with E-state index in [9.17, 15) is 4.79 Å². The fourth-order valence-electron chi connectivity index (χ4n) is 3.61. The van der Waals surface area contributed by atoms with Crippen molar-refractivity contribution in [2.45, 2.75) is 12.8 Å². The second-order valence-corrected chi connectivity index (χ2v) is 7.57. The van der Waals surface area contributed by atoms with Crippen LogP contribution in [-0.2, 0) is 0 Å². The lowest BCUT2D eigenvalue weighted by molar-refractivity contribution is 0.0949. The van der Waals surface area contributed by atoms with Gasteiger partial charge in [-0.1, -0.05) is 12.1 Å². The number of methoxy groups -OCH3 is 1. The Kier molecular flexibility index (Phi) is 4.78. The monoisotopic (exact) mass is 405 g/mol. The van der Waals surface area contributed by atoms with Crippen molar-refractivity contribution >= 4 is 29.0 Å². The molecule has 1 amide bonds. The number of nitrogens with one attached hydrogen (secondary N) is 2. The van der Waals surface area contributed by atoms with Crippen molar-refractivity contribution in [2.24, 2.45) is 5.92 Å². The van der Waals surface area contributed by atoms with E-state index in [1.165, 1.54) is 12.8 Å². The van der Waals surface area contributed by atoms with Crippen molar-refractivity contribution in [1.29, 1.82) is 0 Å². The van der Waals surface area contributed by atoms with Gasteiger partial charge in [0.25, 0.3) is 5.91 Å². The van der Waals surface area contributed by atoms with E-state index in [4.69, 9.17) is 14.2 Å². The number of ether oxygens (including phenoxy) is 3. The summed E-state index contributed by atoms with van der Waals surface area (Å²) in [6.45, 7) is 1.83. The van der Waals surface area contributed by atoms with E-state index in [1.807, 2.05) is 36.4 Å². The van der Waals surface area contributed by atoms with Crippen molar-refractivity contribution in [3.05, 3.63) is 47.2 Å². The average Bonchev–Trinajstić information content (AvgIpc) is 3.53. The first kappa shape index (κ1) is 18.5. The molecule has 154 valence electrons. The third-order valence-electron chi connectivity index (χ3n) is 5.41. The molecule has 7 nitrogen and oxygen atoms in total. The Morgan fingerprint density at radius 3 is 2.83 bits per heavy atom. The van der Waals surface area contributed by atoms with Crippen molar-refractivity contribution < 1.29 is 19.0 Å². The summed E-state index contributed by atoms with van der Waals surface area (Å²) in [6, 6.07) is 9.44. The molecule has 2 N–H and O–H groups in total. The summed E-state index contributed by atoms with van der Waals surface area (Å²) in [6.07, 6.45) is 6.23. The Labute approximate surface area is 174 Å². The van der Waals surface area contributed by atoms with Gasteiger partial charge in [0, 0.05) is 6.54 Å². The second-order valence-electron chi connectivity index (χ2n) is 7.57. The quantitative estimate of drug-likeness (QED) is 0.654. The predicted molar refractivity (Wildman–Crippen MR) is 114 cm³/mol. The highest BCUT2D eigenvalue weighted by Gasteiger charge is 2.24. The fourth-order valence-corrected chi connectivity index (χ4v) is 3.61. The van der Waals surface area contributed by atoms with Crippen LogP contribution < -0.4 is 19.5 Å². The third-order valence-corrected chi connectivity index (χ3v) is 5.41. The van der Waals surface area contributed by atoms with Gasteiger partial charge in [-0.25, -0.2) is 0 Å². The summed E-state index contributed by atoms with van der Waals surface area (Å²) in [5.41, 5.74) is 3.00. The smallest absolute Gasteiger partial charge is 0.255 e. The second kappa shape index (κ2) is 7.74. The van der Waals surface area contributed by atoms with Crippen LogP contribution in [0, 0.1) is 5.92 Å². The molecule has 1 aliphatic heterocycles. The maximum Gasteiger partial charge on any atom is 0.255 e. The fraction of sp³-hybridized carbons (Fsp3) is 0.304. The van der Waals surface area contributed by atoms with Crippen LogP contribution in [-0.4, -0.2) is 43.0 Å². The summed E-state index contributed by atoms with van der Waals surface area (Å²) >= 11 is 0. The van der Waals surface area contributed by atoms with Gasteiger partial charge in [-0.2, -0.15) is 5.10 Å². The number of H-pyrrole nitrogens is 1. The van der Waals surface area contributed by atoms with Gasteiger partial charge in [-0.15, -0.1) is 0 Å². The summed E-state index contributed by atoms with van der Waals surface area (Å²) in [4.78, 5) is 12.7. The van der Waals surface area contributed by atoms with E-state index in [-0.39, 0.29) is 5.91 Å². The molecule has 0 bridgehead atoms. The molecule has 0 unspecified atom stereocenters. The first-order chi connectivity index (χ1) is 14.7. The molecule has 3 aromatic rings. The van der Waals surface area contributed by atoms with E-state index in [1.54, 1.807) is 13.2 Å². The van der Waals surface area contributed by atoms with Gasteiger partial charge >= 0.3 is 0 Å². The summed E-state index contributed by atoms with van der Waals surface area (Å²) < 4.78 is 16.9. The topological polar surface area (TPSA) is 85.5 Å². The Balaban J connectivity index is 1.46. The van der Waals surface area contributed by atoms with Gasteiger partial charge < -0.3 is 19.5 Å². The molecule has 30 heavy (non-hydrogen) atoms. The van der Waals surface area contributed by atoms with Crippen LogP contribution in [0.3, 0.4) is 0 Å². The summed E-state index contributed by atoms with van der Waals surface area (Å²) in [7, 11) is 1.58. The van der Waals surface area contributed by atoms with Crippen molar-refractivity contribution in [3.8, 4) is 17.2 Å². The van der Waals surface area contributed by atoms with Gasteiger partial charge in [-0.05, 0) is 54.7 Å². The zero-order valence-corrected chi connectivity index (χ0v) is 16.7. The zero-order valence-electron chi connectivity index (χ0n) is 16.7. The standard InChI is InChI=1S/C23H23N3O4/c1-28-22-16(23(27)24-13-15-2-3-15)6-8-18-21(22)17(25-26-18)7-4-14-5-9-19-20(12-14)30-11-10-29-19/h4-9,12,15H,2-3,10-11,13H2,1H3,(H,24,27)(H,25,26). The molecule has 1 fully saturated rings. The molecule has 2 heterocycles. The Morgan fingerprint density at radius 1 is 1.20 bits per heavy atom. The number of carbonyl (C=O) groups excluding carboxylic acids is 1. The van der Waals surface area contributed by atoms with E-state index in [0.717, 1.165) is 28.0 Å². The van der Waals surface area contributed by atoms with Gasteiger partial charge in [-0.3, -0.25) is 9.89 Å². The van der Waals surface area contributed by atoms with Gasteiger partial charge in [0.2, 0.25) is 0 Å². The molecule has 1 saturated carbocycles. The molecule has 0 atom stereocenters. The van der Waals surface area contributed by atoms with Crippen LogP contribution >= 0.6 is 0 Å². The Bertz CT molecular complexity index is 1130. The van der Waals surface area contributed by atoms with Crippen LogP contribution in [0.5, 0.6) is 17.2 Å². The minimum Gasteiger partial charge on any atom is -0.495 e. The molecular formula is C23H23N3O4. The first-order valence-corrected chi connectivity index (χ1v) is 10.1. The normalized spacial score (nSPS) is 15.5. The number of hydrogen-bond acceptors (Lipinski definition) is 5. The molecule has 0 radical (unpaired) electrons. The highest BCUT2D eigenvalue weighted by molar-refractivity contribution is 6.05. The lowest BCUT2D eigenvalue weighted by Gasteiger charge is -2.18. The van der Waals surface area contributed by atoms with Gasteiger partial charge in [0.15, 0.2) is 11.5 Å².